The molecule has 2 N–H and O–H groups in total. The van der Waals surface area contributed by atoms with Crippen molar-refractivity contribution >= 4 is 0 Å². The maximum absolute atomic E-state index is 9.81. The molecule has 0 aliphatic carbocycles. The molecule has 3 heteroatoms. The maximum atomic E-state index is 9.81. The molecule has 1 unspecified atom stereocenters. The summed E-state index contributed by atoms with van der Waals surface area (Å²) in [5.41, 5.74) is 0.932. The van der Waals surface area contributed by atoms with E-state index in [2.05, 4.69) is 5.32 Å². The van der Waals surface area contributed by atoms with E-state index in [-0.39, 0.29) is 6.10 Å². The summed E-state index contributed by atoms with van der Waals surface area (Å²) in [5.74, 6) is 1.19. The van der Waals surface area contributed by atoms with Crippen molar-refractivity contribution in [1.82, 2.24) is 5.32 Å². The summed E-state index contributed by atoms with van der Waals surface area (Å²) >= 11 is 0. The second kappa shape index (κ2) is 2.92. The molecule has 0 amide bonds. The highest BCUT2D eigenvalue weighted by atomic mass is 16.3. The number of furan rings is 1. The molecule has 1 saturated heterocycles. The Labute approximate surface area is 71.4 Å². The van der Waals surface area contributed by atoms with Crippen molar-refractivity contribution < 1.29 is 9.52 Å². The van der Waals surface area contributed by atoms with Crippen molar-refractivity contribution in [2.75, 3.05) is 13.1 Å². The number of hydrogen-bond donors (Lipinski definition) is 2. The molecule has 1 atom stereocenters. The third kappa shape index (κ3) is 1.15. The first-order valence-corrected chi connectivity index (χ1v) is 4.22. The molecular formula is C9H13NO2. The molecule has 0 bridgehead atoms. The average Bonchev–Trinajstić information content (AvgIpc) is 2.31. The topological polar surface area (TPSA) is 45.4 Å². The number of aryl methyl sites for hydroxylation is 1. The van der Waals surface area contributed by atoms with Crippen LogP contribution in [-0.4, -0.2) is 18.2 Å². The van der Waals surface area contributed by atoms with E-state index in [4.69, 9.17) is 4.42 Å². The van der Waals surface area contributed by atoms with Gasteiger partial charge in [-0.25, -0.2) is 0 Å². The summed E-state index contributed by atoms with van der Waals surface area (Å²) < 4.78 is 5.12. The summed E-state index contributed by atoms with van der Waals surface area (Å²) in [6.45, 7) is 3.70. The minimum Gasteiger partial charge on any atom is -0.469 e. The standard InChI is InChI=1S/C9H13NO2/c1-6-8(2-3-12-6)9(11)7-4-10-5-7/h2-3,7,9-11H,4-5H2,1H3. The predicted octanol–water partition coefficient (Wildman–Crippen LogP) is 0.841. The van der Waals surface area contributed by atoms with Crippen molar-refractivity contribution in [3.8, 4) is 0 Å². The Morgan fingerprint density at radius 1 is 1.67 bits per heavy atom. The van der Waals surface area contributed by atoms with Gasteiger partial charge in [0.05, 0.1) is 12.4 Å². The summed E-state index contributed by atoms with van der Waals surface area (Å²) in [4.78, 5) is 0. The van der Waals surface area contributed by atoms with Crippen LogP contribution in [0.3, 0.4) is 0 Å². The van der Waals surface area contributed by atoms with E-state index in [1.54, 1.807) is 6.26 Å². The highest BCUT2D eigenvalue weighted by molar-refractivity contribution is 5.20. The predicted molar refractivity (Wildman–Crippen MR) is 44.8 cm³/mol. The van der Waals surface area contributed by atoms with Gasteiger partial charge in [0.2, 0.25) is 0 Å². The second-order valence-corrected chi connectivity index (χ2v) is 3.30. The first-order chi connectivity index (χ1) is 5.79. The Hall–Kier alpha value is -0.800. The van der Waals surface area contributed by atoms with Crippen molar-refractivity contribution in [1.29, 1.82) is 0 Å². The fourth-order valence-corrected chi connectivity index (χ4v) is 1.49. The molecule has 0 radical (unpaired) electrons. The van der Waals surface area contributed by atoms with Crippen LogP contribution >= 0.6 is 0 Å². The molecule has 0 saturated carbocycles. The van der Waals surface area contributed by atoms with E-state index in [1.165, 1.54) is 0 Å². The lowest BCUT2D eigenvalue weighted by atomic mass is 9.91. The number of hydrogen-bond acceptors (Lipinski definition) is 3. The number of nitrogens with one attached hydrogen (secondary N) is 1. The van der Waals surface area contributed by atoms with Crippen LogP contribution < -0.4 is 5.32 Å². The Morgan fingerprint density at radius 3 is 2.83 bits per heavy atom. The van der Waals surface area contributed by atoms with Gasteiger partial charge in [0.25, 0.3) is 0 Å². The van der Waals surface area contributed by atoms with E-state index in [9.17, 15) is 5.11 Å². The molecule has 12 heavy (non-hydrogen) atoms. The minimum atomic E-state index is -0.356. The lowest BCUT2D eigenvalue weighted by Crippen LogP contribution is -2.45. The van der Waals surface area contributed by atoms with Gasteiger partial charge in [0.15, 0.2) is 0 Å². The molecule has 3 nitrogen and oxygen atoms in total. The summed E-state index contributed by atoms with van der Waals surface area (Å²) in [6, 6.07) is 1.85. The SMILES string of the molecule is Cc1occc1C(O)C1CNC1. The maximum Gasteiger partial charge on any atom is 0.106 e. The quantitative estimate of drug-likeness (QED) is 0.686. The zero-order valence-electron chi connectivity index (χ0n) is 7.08. The number of aliphatic hydroxyl groups excluding tert-OH is 1. The van der Waals surface area contributed by atoms with Crippen LogP contribution in [0.4, 0.5) is 0 Å². The Morgan fingerprint density at radius 2 is 2.42 bits per heavy atom. The molecule has 66 valence electrons. The highest BCUT2D eigenvalue weighted by Crippen LogP contribution is 2.27. The first-order valence-electron chi connectivity index (χ1n) is 4.22. The van der Waals surface area contributed by atoms with E-state index >= 15 is 0 Å². The number of rotatable bonds is 2. The normalized spacial score (nSPS) is 20.5. The zero-order valence-corrected chi connectivity index (χ0v) is 7.08. The Kier molecular flexibility index (Phi) is 1.90. The third-order valence-corrected chi connectivity index (χ3v) is 2.48. The van der Waals surface area contributed by atoms with Gasteiger partial charge in [-0.2, -0.15) is 0 Å². The van der Waals surface area contributed by atoms with E-state index in [1.807, 2.05) is 13.0 Å². The van der Waals surface area contributed by atoms with Gasteiger partial charge in [0, 0.05) is 24.6 Å². The minimum absolute atomic E-state index is 0.356. The monoisotopic (exact) mass is 167 g/mol. The van der Waals surface area contributed by atoms with Crippen molar-refractivity contribution in [2.45, 2.75) is 13.0 Å². The molecule has 0 spiro atoms. The summed E-state index contributed by atoms with van der Waals surface area (Å²) in [6.07, 6.45) is 1.27. The molecular weight excluding hydrogens is 154 g/mol. The second-order valence-electron chi connectivity index (χ2n) is 3.30. The molecule has 1 aromatic heterocycles. The van der Waals surface area contributed by atoms with Gasteiger partial charge in [-0.1, -0.05) is 0 Å². The molecule has 1 aromatic rings. The third-order valence-electron chi connectivity index (χ3n) is 2.48. The van der Waals surface area contributed by atoms with Crippen LogP contribution in [0.15, 0.2) is 16.7 Å². The van der Waals surface area contributed by atoms with E-state index < -0.39 is 0 Å². The Balaban J connectivity index is 2.13. The van der Waals surface area contributed by atoms with Gasteiger partial charge in [0.1, 0.15) is 5.76 Å². The van der Waals surface area contributed by atoms with Gasteiger partial charge >= 0.3 is 0 Å². The zero-order chi connectivity index (χ0) is 8.55. The molecule has 2 rings (SSSR count). The van der Waals surface area contributed by atoms with Gasteiger partial charge in [-0.15, -0.1) is 0 Å². The van der Waals surface area contributed by atoms with Gasteiger partial charge < -0.3 is 14.8 Å². The molecule has 1 aliphatic heterocycles. The van der Waals surface area contributed by atoms with Crippen LogP contribution in [-0.2, 0) is 0 Å². The molecule has 2 heterocycles. The smallest absolute Gasteiger partial charge is 0.106 e. The van der Waals surface area contributed by atoms with Gasteiger partial charge in [-0.05, 0) is 13.0 Å². The average molecular weight is 167 g/mol. The van der Waals surface area contributed by atoms with Crippen LogP contribution in [0.5, 0.6) is 0 Å². The lowest BCUT2D eigenvalue weighted by Gasteiger charge is -2.31. The van der Waals surface area contributed by atoms with E-state index in [0.717, 1.165) is 24.4 Å². The first kappa shape index (κ1) is 7.83. The fourth-order valence-electron chi connectivity index (χ4n) is 1.49. The van der Waals surface area contributed by atoms with Crippen LogP contribution in [0.1, 0.15) is 17.4 Å². The number of aliphatic hydroxyl groups is 1. The molecule has 1 fully saturated rings. The van der Waals surface area contributed by atoms with Crippen LogP contribution in [0, 0.1) is 12.8 Å². The van der Waals surface area contributed by atoms with Crippen LogP contribution in [0.2, 0.25) is 0 Å². The summed E-state index contributed by atoms with van der Waals surface area (Å²) in [7, 11) is 0. The highest BCUT2D eigenvalue weighted by Gasteiger charge is 2.28. The molecule has 0 aromatic carbocycles. The molecule has 1 aliphatic rings. The van der Waals surface area contributed by atoms with Crippen molar-refractivity contribution in [2.24, 2.45) is 5.92 Å². The van der Waals surface area contributed by atoms with Crippen molar-refractivity contribution in [3.05, 3.63) is 23.7 Å². The fraction of sp³-hybridized carbons (Fsp3) is 0.556. The van der Waals surface area contributed by atoms with E-state index in [0.29, 0.717) is 5.92 Å². The lowest BCUT2D eigenvalue weighted by molar-refractivity contribution is 0.0755. The van der Waals surface area contributed by atoms with Gasteiger partial charge in [-0.3, -0.25) is 0 Å². The van der Waals surface area contributed by atoms with Crippen LogP contribution in [0.25, 0.3) is 0 Å². The largest absolute Gasteiger partial charge is 0.469 e. The van der Waals surface area contributed by atoms with Crippen molar-refractivity contribution in [3.63, 3.8) is 0 Å². The summed E-state index contributed by atoms with van der Waals surface area (Å²) in [5, 5.41) is 12.9. The Bertz CT molecular complexity index is 265.